The molecule has 1 N–H and O–H groups in total. The predicted molar refractivity (Wildman–Crippen MR) is 65.1 cm³/mol. The van der Waals surface area contributed by atoms with Gasteiger partial charge in [-0.1, -0.05) is 20.3 Å². The Morgan fingerprint density at radius 1 is 1.50 bits per heavy atom. The summed E-state index contributed by atoms with van der Waals surface area (Å²) in [5.74, 6) is 0.435. The Kier molecular flexibility index (Phi) is 5.81. The first-order valence-corrected chi connectivity index (χ1v) is 6.62. The van der Waals surface area contributed by atoms with Crippen LogP contribution in [0.3, 0.4) is 0 Å². The predicted octanol–water partition coefficient (Wildman–Crippen LogP) is 2.19. The van der Waals surface area contributed by atoms with Crippen LogP contribution in [-0.2, 0) is 4.79 Å². The van der Waals surface area contributed by atoms with Crippen molar-refractivity contribution in [3.05, 3.63) is 0 Å². The molecule has 1 aliphatic carbocycles. The van der Waals surface area contributed by atoms with Crippen LogP contribution in [0.1, 0.15) is 52.4 Å². The molecule has 1 unspecified atom stereocenters. The minimum absolute atomic E-state index is 0.143. The molecule has 0 aromatic heterocycles. The molecule has 0 aromatic rings. The van der Waals surface area contributed by atoms with Gasteiger partial charge in [0.1, 0.15) is 0 Å². The highest BCUT2D eigenvalue weighted by Gasteiger charge is 2.30. The lowest BCUT2D eigenvalue weighted by molar-refractivity contribution is -0.139. The molecule has 1 rings (SSSR count). The van der Waals surface area contributed by atoms with E-state index in [9.17, 15) is 4.79 Å². The Labute approximate surface area is 98.8 Å². The number of aliphatic hydroxyl groups is 1. The first-order valence-electron chi connectivity index (χ1n) is 6.62. The summed E-state index contributed by atoms with van der Waals surface area (Å²) in [6.45, 7) is 5.05. The molecule has 0 aromatic carbocycles. The molecular weight excluding hydrogens is 202 g/mol. The lowest BCUT2D eigenvalue weighted by atomic mass is 9.90. The topological polar surface area (TPSA) is 40.5 Å². The van der Waals surface area contributed by atoms with E-state index in [1.165, 1.54) is 6.42 Å². The van der Waals surface area contributed by atoms with E-state index >= 15 is 0 Å². The van der Waals surface area contributed by atoms with Gasteiger partial charge in [0.25, 0.3) is 0 Å². The van der Waals surface area contributed by atoms with Crippen LogP contribution in [-0.4, -0.2) is 35.1 Å². The van der Waals surface area contributed by atoms with Crippen molar-refractivity contribution in [2.45, 2.75) is 58.4 Å². The minimum Gasteiger partial charge on any atom is -0.396 e. The summed E-state index contributed by atoms with van der Waals surface area (Å²) in [5.41, 5.74) is 0. The number of nitrogens with zero attached hydrogens (tertiary/aromatic N) is 1. The van der Waals surface area contributed by atoms with Crippen LogP contribution in [0.5, 0.6) is 0 Å². The third-order valence-corrected chi connectivity index (χ3v) is 3.50. The van der Waals surface area contributed by atoms with Gasteiger partial charge in [-0.3, -0.25) is 4.79 Å². The standard InChI is InChI=1S/C13H25NO2/c1-3-6-11(2)13(16)14(9-5-10-15)12-7-4-8-12/h11-12,15H,3-10H2,1-2H3. The van der Waals surface area contributed by atoms with Crippen molar-refractivity contribution in [1.29, 1.82) is 0 Å². The highest BCUT2D eigenvalue weighted by atomic mass is 16.3. The number of rotatable bonds is 7. The van der Waals surface area contributed by atoms with Crippen LogP contribution in [0, 0.1) is 5.92 Å². The third-order valence-electron chi connectivity index (χ3n) is 3.50. The summed E-state index contributed by atoms with van der Waals surface area (Å²) in [5, 5.41) is 8.87. The molecule has 3 heteroatoms. The Morgan fingerprint density at radius 2 is 2.19 bits per heavy atom. The maximum atomic E-state index is 12.2. The second-order valence-corrected chi connectivity index (χ2v) is 4.88. The number of amides is 1. The molecule has 1 saturated carbocycles. The average Bonchev–Trinajstić information content (AvgIpc) is 2.20. The largest absolute Gasteiger partial charge is 0.396 e. The summed E-state index contributed by atoms with van der Waals surface area (Å²) in [6.07, 6.45) is 6.29. The molecule has 0 bridgehead atoms. The summed E-state index contributed by atoms with van der Waals surface area (Å²) >= 11 is 0. The van der Waals surface area contributed by atoms with E-state index in [4.69, 9.17) is 5.11 Å². The normalized spacial score (nSPS) is 17.9. The fourth-order valence-corrected chi connectivity index (χ4v) is 2.25. The van der Waals surface area contributed by atoms with Crippen LogP contribution in [0.2, 0.25) is 0 Å². The number of hydrogen-bond acceptors (Lipinski definition) is 2. The molecule has 1 aliphatic rings. The van der Waals surface area contributed by atoms with Gasteiger partial charge in [0.05, 0.1) is 0 Å². The minimum atomic E-state index is 0.143. The van der Waals surface area contributed by atoms with Crippen LogP contribution in [0.25, 0.3) is 0 Å². The van der Waals surface area contributed by atoms with Gasteiger partial charge in [-0.05, 0) is 32.1 Å². The molecule has 0 aliphatic heterocycles. The van der Waals surface area contributed by atoms with Gasteiger partial charge in [0.15, 0.2) is 0 Å². The first-order chi connectivity index (χ1) is 7.70. The zero-order chi connectivity index (χ0) is 12.0. The lowest BCUT2D eigenvalue weighted by Gasteiger charge is -2.39. The van der Waals surface area contributed by atoms with Gasteiger partial charge in [0, 0.05) is 25.1 Å². The van der Waals surface area contributed by atoms with Crippen molar-refractivity contribution in [2.24, 2.45) is 5.92 Å². The Bertz CT molecular complexity index is 214. The third kappa shape index (κ3) is 3.48. The van der Waals surface area contributed by atoms with Gasteiger partial charge in [-0.25, -0.2) is 0 Å². The molecule has 1 atom stereocenters. The number of carbonyl (C=O) groups is 1. The van der Waals surface area contributed by atoms with E-state index in [1.807, 2.05) is 11.8 Å². The van der Waals surface area contributed by atoms with E-state index < -0.39 is 0 Å². The molecule has 94 valence electrons. The van der Waals surface area contributed by atoms with E-state index in [2.05, 4.69) is 6.92 Å². The molecular formula is C13H25NO2. The second kappa shape index (κ2) is 6.89. The second-order valence-electron chi connectivity index (χ2n) is 4.88. The van der Waals surface area contributed by atoms with Crippen molar-refractivity contribution in [1.82, 2.24) is 4.90 Å². The number of carbonyl (C=O) groups excluding carboxylic acids is 1. The quantitative estimate of drug-likeness (QED) is 0.724. The van der Waals surface area contributed by atoms with E-state index in [0.717, 1.165) is 32.2 Å². The SMILES string of the molecule is CCCC(C)C(=O)N(CCCO)C1CCC1. The first kappa shape index (κ1) is 13.5. The Balaban J connectivity index is 2.49. The van der Waals surface area contributed by atoms with Crippen molar-refractivity contribution < 1.29 is 9.90 Å². The van der Waals surface area contributed by atoms with Gasteiger partial charge < -0.3 is 10.0 Å². The summed E-state index contributed by atoms with van der Waals surface area (Å²) < 4.78 is 0. The van der Waals surface area contributed by atoms with Crippen molar-refractivity contribution >= 4 is 5.91 Å². The monoisotopic (exact) mass is 227 g/mol. The van der Waals surface area contributed by atoms with Crippen molar-refractivity contribution in [3.8, 4) is 0 Å². The van der Waals surface area contributed by atoms with Crippen LogP contribution < -0.4 is 0 Å². The molecule has 0 spiro atoms. The van der Waals surface area contributed by atoms with E-state index in [-0.39, 0.29) is 12.5 Å². The maximum absolute atomic E-state index is 12.2. The Hall–Kier alpha value is -0.570. The summed E-state index contributed by atoms with van der Waals surface area (Å²) in [6, 6.07) is 0.457. The van der Waals surface area contributed by atoms with Crippen LogP contribution >= 0.6 is 0 Å². The smallest absolute Gasteiger partial charge is 0.225 e. The summed E-state index contributed by atoms with van der Waals surface area (Å²) in [4.78, 5) is 14.2. The molecule has 0 radical (unpaired) electrons. The fraction of sp³-hybridized carbons (Fsp3) is 0.923. The van der Waals surface area contributed by atoms with E-state index in [0.29, 0.717) is 18.4 Å². The fourth-order valence-electron chi connectivity index (χ4n) is 2.25. The molecule has 16 heavy (non-hydrogen) atoms. The van der Waals surface area contributed by atoms with Crippen LogP contribution in [0.15, 0.2) is 0 Å². The zero-order valence-electron chi connectivity index (χ0n) is 10.6. The molecule has 1 fully saturated rings. The van der Waals surface area contributed by atoms with E-state index in [1.54, 1.807) is 0 Å². The summed E-state index contributed by atoms with van der Waals surface area (Å²) in [7, 11) is 0. The van der Waals surface area contributed by atoms with Crippen LogP contribution in [0.4, 0.5) is 0 Å². The van der Waals surface area contributed by atoms with Gasteiger partial charge >= 0.3 is 0 Å². The highest BCUT2D eigenvalue weighted by molar-refractivity contribution is 5.78. The van der Waals surface area contributed by atoms with Gasteiger partial charge in [0.2, 0.25) is 5.91 Å². The average molecular weight is 227 g/mol. The highest BCUT2D eigenvalue weighted by Crippen LogP contribution is 2.26. The molecule has 0 heterocycles. The van der Waals surface area contributed by atoms with Gasteiger partial charge in [-0.2, -0.15) is 0 Å². The maximum Gasteiger partial charge on any atom is 0.225 e. The molecule has 1 amide bonds. The lowest BCUT2D eigenvalue weighted by Crippen LogP contribution is -2.47. The molecule has 0 saturated heterocycles. The van der Waals surface area contributed by atoms with Crippen molar-refractivity contribution in [2.75, 3.05) is 13.2 Å². The number of aliphatic hydroxyl groups excluding tert-OH is 1. The zero-order valence-corrected chi connectivity index (χ0v) is 10.6. The van der Waals surface area contributed by atoms with Crippen molar-refractivity contribution in [3.63, 3.8) is 0 Å². The number of hydrogen-bond donors (Lipinski definition) is 1. The molecule has 3 nitrogen and oxygen atoms in total. The Morgan fingerprint density at radius 3 is 2.62 bits per heavy atom. The van der Waals surface area contributed by atoms with Gasteiger partial charge in [-0.15, -0.1) is 0 Å².